The summed E-state index contributed by atoms with van der Waals surface area (Å²) < 4.78 is 11.4. The lowest BCUT2D eigenvalue weighted by molar-refractivity contribution is -0.0390. The van der Waals surface area contributed by atoms with Crippen molar-refractivity contribution in [3.63, 3.8) is 0 Å². The topological polar surface area (TPSA) is 46.1 Å². The number of unbranched alkanes of at least 4 members (excludes halogenated alkanes) is 1. The summed E-state index contributed by atoms with van der Waals surface area (Å²) in [5.74, 6) is 0.980. The Hall–Kier alpha value is -1.59. The van der Waals surface area contributed by atoms with Crippen LogP contribution in [0.1, 0.15) is 50.7 Å². The van der Waals surface area contributed by atoms with Crippen LogP contribution in [0.15, 0.2) is 29.3 Å². The first-order valence-electron chi connectivity index (χ1n) is 9.99. The molecule has 26 heavy (non-hydrogen) atoms. The first kappa shape index (κ1) is 20.7. The zero-order valence-electron chi connectivity index (χ0n) is 16.7. The number of nitrogens with one attached hydrogen (secondary N) is 1. The van der Waals surface area contributed by atoms with Crippen molar-refractivity contribution in [2.45, 2.75) is 58.8 Å². The summed E-state index contributed by atoms with van der Waals surface area (Å²) in [5, 5.41) is 3.38. The minimum atomic E-state index is 0.342. The van der Waals surface area contributed by atoms with Gasteiger partial charge >= 0.3 is 0 Å². The summed E-state index contributed by atoms with van der Waals surface area (Å²) in [6.07, 6.45) is 4.73. The van der Waals surface area contributed by atoms with Gasteiger partial charge in [0.15, 0.2) is 5.96 Å². The summed E-state index contributed by atoms with van der Waals surface area (Å²) >= 11 is 0. The number of aliphatic imine (C=N–C) groups is 1. The Labute approximate surface area is 158 Å². The summed E-state index contributed by atoms with van der Waals surface area (Å²) in [6.45, 7) is 9.26. The minimum absolute atomic E-state index is 0.342. The lowest BCUT2D eigenvalue weighted by Crippen LogP contribution is -2.39. The highest BCUT2D eigenvalue weighted by atomic mass is 16.5. The van der Waals surface area contributed by atoms with E-state index < -0.39 is 0 Å². The van der Waals surface area contributed by atoms with Crippen LogP contribution in [0, 0.1) is 0 Å². The van der Waals surface area contributed by atoms with E-state index in [4.69, 9.17) is 14.5 Å². The van der Waals surface area contributed by atoms with Crippen LogP contribution < -0.4 is 5.32 Å². The number of rotatable bonds is 9. The van der Waals surface area contributed by atoms with Crippen LogP contribution in [0.3, 0.4) is 0 Å². The van der Waals surface area contributed by atoms with Gasteiger partial charge in [0.2, 0.25) is 0 Å². The Morgan fingerprint density at radius 1 is 1.19 bits per heavy atom. The number of hydrogen-bond acceptors (Lipinski definition) is 3. The van der Waals surface area contributed by atoms with Crippen molar-refractivity contribution in [1.29, 1.82) is 0 Å². The lowest BCUT2D eigenvalue weighted by Gasteiger charge is -2.22. The van der Waals surface area contributed by atoms with Crippen LogP contribution in [-0.2, 0) is 22.6 Å². The third-order valence-corrected chi connectivity index (χ3v) is 4.63. The Kier molecular flexibility index (Phi) is 9.50. The lowest BCUT2D eigenvalue weighted by atomic mass is 10.1. The summed E-state index contributed by atoms with van der Waals surface area (Å²) in [6, 6.07) is 8.61. The molecule has 5 nitrogen and oxygen atoms in total. The van der Waals surface area contributed by atoms with E-state index in [-0.39, 0.29) is 0 Å². The summed E-state index contributed by atoms with van der Waals surface area (Å²) in [4.78, 5) is 6.98. The Morgan fingerprint density at radius 3 is 2.54 bits per heavy atom. The second kappa shape index (κ2) is 11.9. The minimum Gasteiger partial charge on any atom is -0.381 e. The number of benzene rings is 1. The number of guanidine groups is 1. The molecule has 1 N–H and O–H groups in total. The van der Waals surface area contributed by atoms with Crippen LogP contribution >= 0.6 is 0 Å². The van der Waals surface area contributed by atoms with Crippen molar-refractivity contribution >= 4 is 5.96 Å². The van der Waals surface area contributed by atoms with E-state index >= 15 is 0 Å². The molecule has 5 heteroatoms. The Bertz CT molecular complexity index is 525. The molecule has 0 saturated carbocycles. The molecule has 1 aliphatic rings. The quantitative estimate of drug-likeness (QED) is 0.539. The molecule has 0 bridgehead atoms. The van der Waals surface area contributed by atoms with Gasteiger partial charge in [-0.05, 0) is 37.3 Å². The van der Waals surface area contributed by atoms with E-state index in [0.717, 1.165) is 45.1 Å². The Balaban J connectivity index is 1.83. The van der Waals surface area contributed by atoms with Crippen molar-refractivity contribution in [3.8, 4) is 0 Å². The number of ether oxygens (including phenoxy) is 2. The highest BCUT2D eigenvalue weighted by Gasteiger charge is 2.13. The van der Waals surface area contributed by atoms with E-state index in [0.29, 0.717) is 19.3 Å². The molecule has 0 spiro atoms. The van der Waals surface area contributed by atoms with Gasteiger partial charge in [-0.2, -0.15) is 0 Å². The van der Waals surface area contributed by atoms with Crippen molar-refractivity contribution < 1.29 is 9.47 Å². The first-order chi connectivity index (χ1) is 12.7. The van der Waals surface area contributed by atoms with E-state index in [1.807, 2.05) is 0 Å². The van der Waals surface area contributed by atoms with Gasteiger partial charge in [0, 0.05) is 33.4 Å². The maximum atomic E-state index is 5.98. The van der Waals surface area contributed by atoms with E-state index in [1.165, 1.54) is 24.0 Å². The molecule has 0 radical (unpaired) electrons. The molecule has 1 saturated heterocycles. The largest absolute Gasteiger partial charge is 0.381 e. The third kappa shape index (κ3) is 7.34. The van der Waals surface area contributed by atoms with Gasteiger partial charge in [-0.15, -0.1) is 0 Å². The maximum absolute atomic E-state index is 5.98. The van der Waals surface area contributed by atoms with Gasteiger partial charge in [0.05, 0.1) is 19.3 Å². The normalized spacial score (nSPS) is 15.9. The summed E-state index contributed by atoms with van der Waals surface area (Å²) in [7, 11) is 2.11. The molecule has 0 atom stereocenters. The molecule has 2 rings (SSSR count). The second-order valence-corrected chi connectivity index (χ2v) is 6.88. The van der Waals surface area contributed by atoms with Gasteiger partial charge in [-0.1, -0.05) is 37.6 Å². The molecule has 146 valence electrons. The first-order valence-corrected chi connectivity index (χ1v) is 9.99. The molecular weight excluding hydrogens is 326 g/mol. The van der Waals surface area contributed by atoms with E-state index in [2.05, 4.69) is 55.4 Å². The van der Waals surface area contributed by atoms with Gasteiger partial charge < -0.3 is 19.7 Å². The van der Waals surface area contributed by atoms with Crippen LogP contribution in [0.4, 0.5) is 0 Å². The van der Waals surface area contributed by atoms with Crippen molar-refractivity contribution in [1.82, 2.24) is 10.2 Å². The second-order valence-electron chi connectivity index (χ2n) is 6.88. The summed E-state index contributed by atoms with van der Waals surface area (Å²) in [5.41, 5.74) is 2.44. The van der Waals surface area contributed by atoms with Gasteiger partial charge in [-0.3, -0.25) is 0 Å². The van der Waals surface area contributed by atoms with Gasteiger partial charge in [0.1, 0.15) is 0 Å². The van der Waals surface area contributed by atoms with Crippen molar-refractivity contribution in [3.05, 3.63) is 35.4 Å². The van der Waals surface area contributed by atoms with E-state index in [1.54, 1.807) is 0 Å². The average Bonchev–Trinajstić information content (AvgIpc) is 2.69. The van der Waals surface area contributed by atoms with Crippen LogP contribution in [-0.4, -0.2) is 50.3 Å². The monoisotopic (exact) mass is 361 g/mol. The zero-order valence-corrected chi connectivity index (χ0v) is 16.7. The number of nitrogens with zero attached hydrogens (tertiary/aromatic N) is 2. The van der Waals surface area contributed by atoms with Crippen LogP contribution in [0.25, 0.3) is 0 Å². The predicted octanol–water partition coefficient (Wildman–Crippen LogP) is 3.58. The van der Waals surface area contributed by atoms with Crippen LogP contribution in [0.2, 0.25) is 0 Å². The molecule has 0 aliphatic carbocycles. The fraction of sp³-hybridized carbons (Fsp3) is 0.667. The van der Waals surface area contributed by atoms with Crippen molar-refractivity contribution in [2.24, 2.45) is 4.99 Å². The molecule has 1 aliphatic heterocycles. The Morgan fingerprint density at radius 2 is 1.88 bits per heavy atom. The van der Waals surface area contributed by atoms with Gasteiger partial charge in [-0.25, -0.2) is 4.99 Å². The standard InChI is InChI=1S/C21H35N3O2/c1-4-6-13-24(3)21(22-5-2)23-16-18-7-9-19(10-8-18)17-26-20-11-14-25-15-12-20/h7-10,20H,4-6,11-17H2,1-3H3,(H,22,23). The third-order valence-electron chi connectivity index (χ3n) is 4.63. The van der Waals surface area contributed by atoms with Crippen molar-refractivity contribution in [2.75, 3.05) is 33.4 Å². The molecule has 0 aromatic heterocycles. The fourth-order valence-electron chi connectivity index (χ4n) is 2.93. The van der Waals surface area contributed by atoms with Crippen LogP contribution in [0.5, 0.6) is 0 Å². The molecule has 0 unspecified atom stereocenters. The smallest absolute Gasteiger partial charge is 0.193 e. The molecular formula is C21H35N3O2. The highest BCUT2D eigenvalue weighted by Crippen LogP contribution is 2.14. The predicted molar refractivity (Wildman–Crippen MR) is 107 cm³/mol. The molecule has 1 aromatic carbocycles. The maximum Gasteiger partial charge on any atom is 0.193 e. The zero-order chi connectivity index (χ0) is 18.6. The molecule has 1 heterocycles. The van der Waals surface area contributed by atoms with Gasteiger partial charge in [0.25, 0.3) is 0 Å². The molecule has 0 amide bonds. The average molecular weight is 362 g/mol. The molecule has 1 aromatic rings. The fourth-order valence-corrected chi connectivity index (χ4v) is 2.93. The van der Waals surface area contributed by atoms with E-state index in [9.17, 15) is 0 Å². The highest BCUT2D eigenvalue weighted by molar-refractivity contribution is 5.79. The SMILES string of the molecule is CCCCN(C)C(=NCc1ccc(COC2CCOCC2)cc1)NCC. The number of hydrogen-bond donors (Lipinski definition) is 1. The molecule has 1 fully saturated rings.